The molecule has 1 heterocycles. The van der Waals surface area contributed by atoms with E-state index in [9.17, 15) is 14.9 Å². The Hall–Kier alpha value is -1.66. The first-order chi connectivity index (χ1) is 9.43. The van der Waals surface area contributed by atoms with Gasteiger partial charge in [-0.2, -0.15) is 0 Å². The van der Waals surface area contributed by atoms with E-state index >= 15 is 0 Å². The molecule has 6 nitrogen and oxygen atoms in total. The maximum Gasteiger partial charge on any atom is 0.300 e. The average molecular weight is 299 g/mol. The molecule has 1 aliphatic rings. The molecule has 7 heteroatoms. The fourth-order valence-corrected chi connectivity index (χ4v) is 2.50. The number of amides is 1. The van der Waals surface area contributed by atoms with Gasteiger partial charge in [-0.25, -0.2) is 0 Å². The number of nitrogens with one attached hydrogen (secondary N) is 1. The lowest BCUT2D eigenvalue weighted by atomic mass is 9.94. The van der Waals surface area contributed by atoms with E-state index in [4.69, 9.17) is 16.3 Å². The normalized spacial score (nSPS) is 22.3. The number of nitrogens with zero attached hydrogens (tertiary/aromatic N) is 1. The summed E-state index contributed by atoms with van der Waals surface area (Å²) in [5.74, 6) is -0.507. The van der Waals surface area contributed by atoms with Gasteiger partial charge in [0.2, 0.25) is 0 Å². The summed E-state index contributed by atoms with van der Waals surface area (Å²) in [6.45, 7) is 2.93. The molecule has 1 aliphatic heterocycles. The third-order valence-corrected chi connectivity index (χ3v) is 3.57. The molecule has 108 valence electrons. The van der Waals surface area contributed by atoms with Gasteiger partial charge in [0, 0.05) is 6.61 Å². The van der Waals surface area contributed by atoms with Crippen LogP contribution in [0.25, 0.3) is 0 Å². The summed E-state index contributed by atoms with van der Waals surface area (Å²) in [5, 5.41) is 13.8. The van der Waals surface area contributed by atoms with E-state index in [1.165, 1.54) is 18.2 Å². The lowest BCUT2D eigenvalue weighted by Crippen LogP contribution is -2.51. The van der Waals surface area contributed by atoms with Crippen LogP contribution in [0.4, 0.5) is 5.69 Å². The van der Waals surface area contributed by atoms with Gasteiger partial charge in [0.15, 0.2) is 0 Å². The van der Waals surface area contributed by atoms with Crippen molar-refractivity contribution in [3.8, 4) is 0 Å². The van der Waals surface area contributed by atoms with Gasteiger partial charge in [-0.3, -0.25) is 14.9 Å². The van der Waals surface area contributed by atoms with Crippen molar-refractivity contribution in [3.63, 3.8) is 0 Å². The van der Waals surface area contributed by atoms with E-state index in [0.717, 1.165) is 12.8 Å². The third-order valence-electron chi connectivity index (χ3n) is 3.27. The van der Waals surface area contributed by atoms with Crippen LogP contribution >= 0.6 is 11.6 Å². The van der Waals surface area contributed by atoms with E-state index in [0.29, 0.717) is 13.2 Å². The van der Waals surface area contributed by atoms with E-state index < -0.39 is 16.4 Å². The second kappa shape index (κ2) is 5.76. The standard InChI is InChI=1S/C13H15ClN2O4/c1-13(6-3-7-20-8-13)15-12(17)9-4-2-5-10(14)11(9)16(18)19/h2,4-5H,3,6-8H2,1H3,(H,15,17). The Morgan fingerprint density at radius 2 is 2.30 bits per heavy atom. The second-order valence-corrected chi connectivity index (χ2v) is 5.47. The number of benzene rings is 1. The van der Waals surface area contributed by atoms with E-state index in [1.807, 2.05) is 6.92 Å². The molecule has 0 spiro atoms. The molecule has 0 bridgehead atoms. The van der Waals surface area contributed by atoms with E-state index in [1.54, 1.807) is 0 Å². The van der Waals surface area contributed by atoms with Crippen molar-refractivity contribution < 1.29 is 14.5 Å². The Morgan fingerprint density at radius 3 is 2.90 bits per heavy atom. The zero-order chi connectivity index (χ0) is 14.8. The molecule has 20 heavy (non-hydrogen) atoms. The summed E-state index contributed by atoms with van der Waals surface area (Å²) in [4.78, 5) is 22.7. The average Bonchev–Trinajstić information content (AvgIpc) is 2.38. The largest absolute Gasteiger partial charge is 0.379 e. The zero-order valence-electron chi connectivity index (χ0n) is 11.0. The number of halogens is 1. The van der Waals surface area contributed by atoms with Crippen LogP contribution in [0.5, 0.6) is 0 Å². The van der Waals surface area contributed by atoms with Crippen molar-refractivity contribution in [1.82, 2.24) is 5.32 Å². The van der Waals surface area contributed by atoms with E-state index in [-0.39, 0.29) is 16.3 Å². The summed E-state index contributed by atoms with van der Waals surface area (Å²) in [5.41, 5.74) is -0.910. The second-order valence-electron chi connectivity index (χ2n) is 5.06. The van der Waals surface area contributed by atoms with Gasteiger partial charge in [0.05, 0.1) is 17.1 Å². The Morgan fingerprint density at radius 1 is 1.55 bits per heavy atom. The summed E-state index contributed by atoms with van der Waals surface area (Å²) in [6, 6.07) is 4.30. The number of ether oxygens (including phenoxy) is 1. The number of hydrogen-bond acceptors (Lipinski definition) is 4. The molecule has 1 N–H and O–H groups in total. The van der Waals surface area contributed by atoms with Crippen molar-refractivity contribution in [1.29, 1.82) is 0 Å². The van der Waals surface area contributed by atoms with Crippen LogP contribution in [0, 0.1) is 10.1 Å². The minimum Gasteiger partial charge on any atom is -0.379 e. The molecule has 0 saturated carbocycles. The summed E-state index contributed by atoms with van der Waals surface area (Å²) in [6.07, 6.45) is 1.61. The maximum absolute atomic E-state index is 12.3. The summed E-state index contributed by atoms with van der Waals surface area (Å²) in [7, 11) is 0. The van der Waals surface area contributed by atoms with Crippen molar-refractivity contribution in [2.45, 2.75) is 25.3 Å². The lowest BCUT2D eigenvalue weighted by Gasteiger charge is -2.34. The first-order valence-electron chi connectivity index (χ1n) is 6.26. The van der Waals surface area contributed by atoms with Gasteiger partial charge in [0.25, 0.3) is 5.91 Å². The number of hydrogen-bond donors (Lipinski definition) is 1. The quantitative estimate of drug-likeness (QED) is 0.687. The highest BCUT2D eigenvalue weighted by molar-refractivity contribution is 6.33. The summed E-state index contributed by atoms with van der Waals surface area (Å²) < 4.78 is 5.35. The first-order valence-corrected chi connectivity index (χ1v) is 6.64. The molecule has 1 amide bonds. The third kappa shape index (κ3) is 3.08. The van der Waals surface area contributed by atoms with Crippen molar-refractivity contribution in [2.24, 2.45) is 0 Å². The minimum atomic E-state index is -0.642. The van der Waals surface area contributed by atoms with Gasteiger partial charge in [-0.15, -0.1) is 0 Å². The van der Waals surface area contributed by atoms with Gasteiger partial charge < -0.3 is 10.1 Å². The molecule has 0 aliphatic carbocycles. The maximum atomic E-state index is 12.3. The van der Waals surface area contributed by atoms with Crippen LogP contribution in [0.15, 0.2) is 18.2 Å². The Bertz CT molecular complexity index is 541. The lowest BCUT2D eigenvalue weighted by molar-refractivity contribution is -0.385. The predicted molar refractivity (Wildman–Crippen MR) is 74.0 cm³/mol. The number of rotatable bonds is 3. The molecule has 1 unspecified atom stereocenters. The van der Waals surface area contributed by atoms with Crippen LogP contribution < -0.4 is 5.32 Å². The number of carbonyl (C=O) groups excluding carboxylic acids is 1. The summed E-state index contributed by atoms with van der Waals surface area (Å²) >= 11 is 5.80. The highest BCUT2D eigenvalue weighted by Crippen LogP contribution is 2.29. The molecule has 1 atom stereocenters. The molecule has 1 aromatic carbocycles. The molecule has 1 saturated heterocycles. The van der Waals surface area contributed by atoms with E-state index in [2.05, 4.69) is 5.32 Å². The molecular formula is C13H15ClN2O4. The van der Waals surface area contributed by atoms with Crippen LogP contribution in [-0.2, 0) is 4.74 Å². The number of nitro groups is 1. The Labute approximate surface area is 121 Å². The molecule has 1 fully saturated rings. The zero-order valence-corrected chi connectivity index (χ0v) is 11.8. The smallest absolute Gasteiger partial charge is 0.300 e. The number of para-hydroxylation sites is 1. The van der Waals surface area contributed by atoms with Crippen LogP contribution in [0.1, 0.15) is 30.1 Å². The van der Waals surface area contributed by atoms with Crippen LogP contribution in [-0.4, -0.2) is 29.6 Å². The fraction of sp³-hybridized carbons (Fsp3) is 0.462. The van der Waals surface area contributed by atoms with Crippen molar-refractivity contribution in [3.05, 3.63) is 38.9 Å². The molecule has 0 aromatic heterocycles. The highest BCUT2D eigenvalue weighted by Gasteiger charge is 2.32. The fourth-order valence-electron chi connectivity index (χ4n) is 2.26. The van der Waals surface area contributed by atoms with Crippen LogP contribution in [0.3, 0.4) is 0 Å². The Kier molecular flexibility index (Phi) is 4.25. The molecular weight excluding hydrogens is 284 g/mol. The topological polar surface area (TPSA) is 81.5 Å². The Balaban J connectivity index is 2.25. The minimum absolute atomic E-state index is 0.0331. The van der Waals surface area contributed by atoms with Gasteiger partial charge >= 0.3 is 5.69 Å². The number of carbonyl (C=O) groups is 1. The SMILES string of the molecule is CC1(NC(=O)c2cccc(Cl)c2[N+](=O)[O-])CCCOC1. The predicted octanol–water partition coefficient (Wildman–Crippen LogP) is 2.55. The van der Waals surface area contributed by atoms with Crippen molar-refractivity contribution >= 4 is 23.2 Å². The van der Waals surface area contributed by atoms with Crippen LogP contribution in [0.2, 0.25) is 5.02 Å². The number of nitro benzene ring substituents is 1. The van der Waals surface area contributed by atoms with Crippen molar-refractivity contribution in [2.75, 3.05) is 13.2 Å². The van der Waals surface area contributed by atoms with Gasteiger partial charge in [0.1, 0.15) is 10.6 Å². The first kappa shape index (κ1) is 14.7. The molecule has 2 rings (SSSR count). The van der Waals surface area contributed by atoms with Gasteiger partial charge in [-0.1, -0.05) is 17.7 Å². The highest BCUT2D eigenvalue weighted by atomic mass is 35.5. The molecule has 1 aromatic rings. The monoisotopic (exact) mass is 298 g/mol. The molecule has 0 radical (unpaired) electrons. The van der Waals surface area contributed by atoms with Gasteiger partial charge in [-0.05, 0) is 31.9 Å².